The van der Waals surface area contributed by atoms with E-state index in [-0.39, 0.29) is 22.4 Å². The zero-order valence-corrected chi connectivity index (χ0v) is 58.4. The molecule has 0 aliphatic carbocycles. The minimum absolute atomic E-state index is 0. The van der Waals surface area contributed by atoms with Gasteiger partial charge in [-0.15, -0.1) is 0 Å². The summed E-state index contributed by atoms with van der Waals surface area (Å²) in [5.74, 6) is 4.56. The zero-order valence-electron chi connectivity index (χ0n) is 52.5. The molecule has 7 aromatic rings. The van der Waals surface area contributed by atoms with Gasteiger partial charge in [-0.05, 0) is 11.1 Å². The number of hydrogen-bond donors (Lipinski definition) is 0. The van der Waals surface area contributed by atoms with E-state index in [1.807, 2.05) is 12.1 Å². The Hall–Kier alpha value is -4.28. The van der Waals surface area contributed by atoms with Crippen molar-refractivity contribution in [1.29, 1.82) is 0 Å². The fourth-order valence-electron chi connectivity index (χ4n) is 9.62. The molecule has 0 fully saturated rings. The summed E-state index contributed by atoms with van der Waals surface area (Å²) in [4.78, 5) is 0. The number of fused-ring (bicyclic) bond motifs is 2. The van der Waals surface area contributed by atoms with Crippen LogP contribution in [0.15, 0.2) is 109 Å². The third-order valence-corrected chi connectivity index (χ3v) is 14.1. The third-order valence-electron chi connectivity index (χ3n) is 14.1. The average Bonchev–Trinajstić information content (AvgIpc) is 1.68. The van der Waals surface area contributed by atoms with Gasteiger partial charge in [-0.2, -0.15) is 0 Å². The molecule has 20 nitrogen and oxygen atoms in total. The first-order valence-electron chi connectivity index (χ1n) is 29.9. The fourth-order valence-corrected chi connectivity index (χ4v) is 9.62. The number of imidazole rings is 2. The first-order chi connectivity index (χ1) is 43.4. The van der Waals surface area contributed by atoms with Crippen molar-refractivity contribution in [2.24, 2.45) is 0 Å². The number of aromatic nitrogens is 4. The van der Waals surface area contributed by atoms with Crippen molar-refractivity contribution in [1.82, 2.24) is 9.13 Å². The molecule has 0 aliphatic heterocycles. The standard InChI is InChI=1S/C66H92N4O16.2Au.BrH/c1-53-67(49-55-15-9-7-10-16-55)59-45-63(83-41-37-79-33-29-75-25-21-71-3)65(85-43-39-81-35-31-77-27-23-73-5)47-61(59)69(53)51-57-19-13-14-20-58(57)52-70-54(2)68(50-56-17-11-8-12-18-56)60-46-64(84-42-38-80-34-30-76-26-22-72-4)66(48-62(60)70)86-44-40-82-36-32-78-28-24-74-6;;;/h7-20,45-48H,21-44,49-52H2,1-6H3;;;1H/q+2;;+1;/p-1. The molecule has 7 rings (SSSR count). The zero-order chi connectivity index (χ0) is 62.2. The van der Waals surface area contributed by atoms with E-state index < -0.39 is 0 Å². The van der Waals surface area contributed by atoms with E-state index in [9.17, 15) is 0 Å². The number of halogens is 1. The van der Waals surface area contributed by atoms with E-state index in [0.29, 0.717) is 208 Å². The van der Waals surface area contributed by atoms with Gasteiger partial charge >= 0.3 is 32.0 Å². The summed E-state index contributed by atoms with van der Waals surface area (Å²) in [6.07, 6.45) is 0. The van der Waals surface area contributed by atoms with Crippen molar-refractivity contribution in [3.63, 3.8) is 0 Å². The van der Waals surface area contributed by atoms with Gasteiger partial charge in [-0.1, -0.05) is 84.9 Å². The van der Waals surface area contributed by atoms with Crippen LogP contribution in [0.5, 0.6) is 23.0 Å². The van der Waals surface area contributed by atoms with Gasteiger partial charge in [0.1, 0.15) is 52.6 Å². The average molecular weight is 1670 g/mol. The molecule has 0 spiro atoms. The van der Waals surface area contributed by atoms with Gasteiger partial charge in [0, 0.05) is 100 Å². The monoisotopic (exact) mass is 1670 g/mol. The van der Waals surface area contributed by atoms with Crippen LogP contribution in [0.2, 0.25) is 0 Å². The second-order valence-corrected chi connectivity index (χ2v) is 20.0. The number of nitrogens with zero attached hydrogens (tertiary/aromatic N) is 4. The van der Waals surface area contributed by atoms with Crippen LogP contribution >= 0.6 is 13.0 Å². The van der Waals surface area contributed by atoms with Gasteiger partial charge in [-0.25, -0.2) is 18.3 Å². The first-order valence-corrected chi connectivity index (χ1v) is 34.7. The number of hydrogen-bond acceptors (Lipinski definition) is 16. The molecule has 0 unspecified atom stereocenters. The molecule has 1 radical (unpaired) electrons. The number of benzene rings is 5. The number of rotatable bonds is 48. The molecular formula is C66H92Au2BrN4O16+2. The fraction of sp³-hybridized carbons (Fsp3) is 0.515. The summed E-state index contributed by atoms with van der Waals surface area (Å²) in [6, 6.07) is 38.1. The van der Waals surface area contributed by atoms with Crippen LogP contribution in [-0.2, 0) is 124 Å². The molecule has 5 aromatic carbocycles. The molecular weight excluding hydrogens is 1580 g/mol. The Kier molecular flexibility index (Phi) is 38.9. The molecule has 0 N–H and O–H groups in total. The summed E-state index contributed by atoms with van der Waals surface area (Å²) in [5.41, 5.74) is 8.66. The molecule has 0 saturated heterocycles. The van der Waals surface area contributed by atoms with Crippen molar-refractivity contribution in [3.05, 3.63) is 143 Å². The third kappa shape index (κ3) is 26.0. The summed E-state index contributed by atoms with van der Waals surface area (Å²) in [5, 5.41) is 0. The van der Waals surface area contributed by atoms with E-state index in [0.717, 1.165) is 44.8 Å². The van der Waals surface area contributed by atoms with E-state index in [2.05, 4.69) is 161 Å². The van der Waals surface area contributed by atoms with Crippen molar-refractivity contribution >= 4 is 35.1 Å². The second-order valence-electron chi connectivity index (χ2n) is 20.0. The Morgan fingerprint density at radius 2 is 0.584 bits per heavy atom. The summed E-state index contributed by atoms with van der Waals surface area (Å²) >= 11 is 4.97. The minimum atomic E-state index is 0. The van der Waals surface area contributed by atoms with Gasteiger partial charge in [0.05, 0.1) is 132 Å². The molecule has 499 valence electrons. The Balaban J connectivity index is 0.00000476. The van der Waals surface area contributed by atoms with Crippen molar-refractivity contribution < 1.29 is 126 Å². The Labute approximate surface area is 559 Å². The molecule has 0 atom stereocenters. The molecule has 23 heteroatoms. The van der Waals surface area contributed by atoms with Gasteiger partial charge < -0.3 is 75.8 Å². The molecule has 0 amide bonds. The van der Waals surface area contributed by atoms with Crippen LogP contribution in [0, 0.1) is 13.8 Å². The van der Waals surface area contributed by atoms with Gasteiger partial charge in [0.15, 0.2) is 45.1 Å². The summed E-state index contributed by atoms with van der Waals surface area (Å²) in [6.45, 7) is 17.3. The van der Waals surface area contributed by atoms with Gasteiger partial charge in [-0.3, -0.25) is 0 Å². The van der Waals surface area contributed by atoms with Crippen LogP contribution in [0.3, 0.4) is 0 Å². The molecule has 2 heterocycles. The van der Waals surface area contributed by atoms with Crippen LogP contribution in [0.4, 0.5) is 0 Å². The SMILES string of the molecule is COCCOCCOCCOc1cc2c(cc1OCCOCCOCCOC)[n+](Cc1ccccc1)c(C)n2Cc1ccccc1Cn1c(C)[n+](Cc2ccccc2)c2cc(OCCOCCOCCOC)c(OCCOCCOCCOC)cc21.[Au].[Br][Au]. The Morgan fingerprint density at radius 1 is 0.337 bits per heavy atom. The summed E-state index contributed by atoms with van der Waals surface area (Å²) < 4.78 is 102. The molecule has 0 bridgehead atoms. The Morgan fingerprint density at radius 3 is 0.865 bits per heavy atom. The van der Waals surface area contributed by atoms with Gasteiger partial charge in [0.25, 0.3) is 11.6 Å². The van der Waals surface area contributed by atoms with Crippen LogP contribution in [-0.4, -0.2) is 196 Å². The van der Waals surface area contributed by atoms with Crippen LogP contribution in [0.1, 0.15) is 33.9 Å². The van der Waals surface area contributed by atoms with E-state index >= 15 is 0 Å². The predicted molar refractivity (Wildman–Crippen MR) is 334 cm³/mol. The number of methoxy groups -OCH3 is 4. The topological polar surface area (TPSA) is 165 Å². The van der Waals surface area contributed by atoms with Gasteiger partial charge in [0.2, 0.25) is 0 Å². The molecule has 0 aliphatic rings. The Bertz CT molecular complexity index is 2800. The van der Waals surface area contributed by atoms with Crippen LogP contribution < -0.4 is 28.1 Å². The van der Waals surface area contributed by atoms with E-state index in [4.69, 9.17) is 75.8 Å². The first kappa shape index (κ1) is 75.4. The summed E-state index contributed by atoms with van der Waals surface area (Å²) in [7, 11) is 6.62. The maximum absolute atomic E-state index is 6.57. The quantitative estimate of drug-likeness (QED) is 0.0204. The van der Waals surface area contributed by atoms with Crippen molar-refractivity contribution in [3.8, 4) is 23.0 Å². The molecule has 2 aromatic heterocycles. The van der Waals surface area contributed by atoms with E-state index in [1.165, 1.54) is 11.1 Å². The predicted octanol–water partition coefficient (Wildman–Crippen LogP) is 8.06. The van der Waals surface area contributed by atoms with Crippen molar-refractivity contribution in [2.45, 2.75) is 40.0 Å². The molecule has 0 saturated carbocycles. The molecule has 89 heavy (non-hydrogen) atoms. The number of ether oxygens (including phenoxy) is 16. The normalized spacial score (nSPS) is 11.3. The van der Waals surface area contributed by atoms with E-state index in [1.54, 1.807) is 28.4 Å². The second kappa shape index (κ2) is 45.9. The van der Waals surface area contributed by atoms with Crippen molar-refractivity contribution in [2.75, 3.05) is 187 Å². The maximum atomic E-state index is 6.57. The van der Waals surface area contributed by atoms with Crippen LogP contribution in [0.25, 0.3) is 22.1 Å².